The van der Waals surface area contributed by atoms with E-state index < -0.39 is 17.2 Å². The molecule has 108 valence electrons. The first-order valence-electron chi connectivity index (χ1n) is 5.45. The molecular formula is C12H10ClF3N2OS. The molecule has 2 rings (SSSR count). The third kappa shape index (κ3) is 3.05. The van der Waals surface area contributed by atoms with E-state index >= 15 is 0 Å². The summed E-state index contributed by atoms with van der Waals surface area (Å²) in [5.74, 6) is 0.462. The van der Waals surface area contributed by atoms with Crippen LogP contribution in [0.15, 0.2) is 24.4 Å². The third-order valence-corrected chi connectivity index (χ3v) is 3.96. The number of methoxy groups -OCH3 is 1. The number of hydrogen-bond acceptors (Lipinski definition) is 4. The van der Waals surface area contributed by atoms with E-state index in [0.29, 0.717) is 27.7 Å². The minimum Gasteiger partial charge on any atom is -0.496 e. The Morgan fingerprint density at radius 2 is 2.10 bits per heavy atom. The highest BCUT2D eigenvalue weighted by Crippen LogP contribution is 2.37. The number of nitrogens with zero attached hydrogens (tertiary/aromatic N) is 1. The van der Waals surface area contributed by atoms with Crippen LogP contribution in [-0.2, 0) is 6.18 Å². The van der Waals surface area contributed by atoms with Crippen LogP contribution in [0, 0.1) is 0 Å². The Labute approximate surface area is 122 Å². The summed E-state index contributed by atoms with van der Waals surface area (Å²) in [6.07, 6.45) is -3.35. The summed E-state index contributed by atoms with van der Waals surface area (Å²) < 4.78 is 42.8. The van der Waals surface area contributed by atoms with Gasteiger partial charge >= 0.3 is 6.18 Å². The van der Waals surface area contributed by atoms with Crippen LogP contribution < -0.4 is 10.5 Å². The van der Waals surface area contributed by atoms with Gasteiger partial charge in [-0.05, 0) is 18.2 Å². The highest BCUT2D eigenvalue weighted by atomic mass is 35.5. The van der Waals surface area contributed by atoms with Crippen LogP contribution >= 0.6 is 22.9 Å². The van der Waals surface area contributed by atoms with Crippen molar-refractivity contribution in [3.63, 3.8) is 0 Å². The molecule has 0 aliphatic carbocycles. The second kappa shape index (κ2) is 5.59. The number of aromatic nitrogens is 1. The second-order valence-electron chi connectivity index (χ2n) is 3.93. The van der Waals surface area contributed by atoms with Crippen LogP contribution in [0.1, 0.15) is 21.5 Å². The average Bonchev–Trinajstić information content (AvgIpc) is 2.87. The Bertz CT molecular complexity index is 615. The average molecular weight is 323 g/mol. The zero-order valence-corrected chi connectivity index (χ0v) is 11.8. The van der Waals surface area contributed by atoms with E-state index in [1.807, 2.05) is 0 Å². The first kappa shape index (κ1) is 15.1. The number of nitrogens with two attached hydrogens (primary N) is 1. The molecule has 1 unspecified atom stereocenters. The lowest BCUT2D eigenvalue weighted by Gasteiger charge is -2.14. The molecule has 1 aromatic heterocycles. The van der Waals surface area contributed by atoms with Crippen molar-refractivity contribution in [3.8, 4) is 5.75 Å². The van der Waals surface area contributed by atoms with E-state index in [9.17, 15) is 13.2 Å². The van der Waals surface area contributed by atoms with Crippen LogP contribution in [0.3, 0.4) is 0 Å². The molecule has 0 amide bonds. The fourth-order valence-corrected chi connectivity index (χ4v) is 2.65. The van der Waals surface area contributed by atoms with Gasteiger partial charge in [0.2, 0.25) is 0 Å². The van der Waals surface area contributed by atoms with Gasteiger partial charge in [0.25, 0.3) is 0 Å². The Kier molecular flexibility index (Phi) is 4.22. The molecule has 0 saturated carbocycles. The largest absolute Gasteiger partial charge is 0.496 e. The summed E-state index contributed by atoms with van der Waals surface area (Å²) >= 11 is 6.39. The predicted molar refractivity (Wildman–Crippen MR) is 71.2 cm³/mol. The van der Waals surface area contributed by atoms with Crippen molar-refractivity contribution in [1.82, 2.24) is 4.98 Å². The van der Waals surface area contributed by atoms with Crippen molar-refractivity contribution in [2.45, 2.75) is 12.2 Å². The van der Waals surface area contributed by atoms with Crippen LogP contribution in [-0.4, -0.2) is 12.1 Å². The summed E-state index contributed by atoms with van der Waals surface area (Å²) in [6.45, 7) is 0. The van der Waals surface area contributed by atoms with Crippen molar-refractivity contribution < 1.29 is 17.9 Å². The molecule has 0 fully saturated rings. The minimum atomic E-state index is -4.47. The maximum Gasteiger partial charge on any atom is 0.443 e. The van der Waals surface area contributed by atoms with Crippen LogP contribution in [0.2, 0.25) is 5.02 Å². The van der Waals surface area contributed by atoms with Gasteiger partial charge in [0, 0.05) is 21.7 Å². The summed E-state index contributed by atoms with van der Waals surface area (Å²) in [7, 11) is 1.45. The molecule has 20 heavy (non-hydrogen) atoms. The molecule has 8 heteroatoms. The van der Waals surface area contributed by atoms with E-state index in [4.69, 9.17) is 22.1 Å². The topological polar surface area (TPSA) is 48.1 Å². The van der Waals surface area contributed by atoms with E-state index in [0.717, 1.165) is 6.20 Å². The Morgan fingerprint density at radius 1 is 1.40 bits per heavy atom. The highest BCUT2D eigenvalue weighted by Gasteiger charge is 2.35. The molecule has 1 atom stereocenters. The van der Waals surface area contributed by atoms with Crippen molar-refractivity contribution in [2.75, 3.05) is 7.11 Å². The second-order valence-corrected chi connectivity index (χ2v) is 5.43. The quantitative estimate of drug-likeness (QED) is 0.933. The van der Waals surface area contributed by atoms with Crippen LogP contribution in [0.4, 0.5) is 13.2 Å². The Balaban J connectivity index is 2.38. The summed E-state index contributed by atoms with van der Waals surface area (Å²) in [6, 6.07) is 4.02. The van der Waals surface area contributed by atoms with Gasteiger partial charge < -0.3 is 10.5 Å². The maximum atomic E-state index is 12.5. The fourth-order valence-electron chi connectivity index (χ4n) is 1.66. The monoisotopic (exact) mass is 322 g/mol. The van der Waals surface area contributed by atoms with E-state index in [-0.39, 0.29) is 4.88 Å². The molecule has 2 aromatic rings. The van der Waals surface area contributed by atoms with Crippen LogP contribution in [0.25, 0.3) is 0 Å². The third-order valence-electron chi connectivity index (χ3n) is 2.60. The summed E-state index contributed by atoms with van der Waals surface area (Å²) in [4.78, 5) is 3.64. The van der Waals surface area contributed by atoms with Gasteiger partial charge in [0.05, 0.1) is 13.2 Å². The maximum absolute atomic E-state index is 12.5. The van der Waals surface area contributed by atoms with Gasteiger partial charge in [-0.25, -0.2) is 4.98 Å². The number of benzene rings is 1. The zero-order valence-electron chi connectivity index (χ0n) is 10.2. The first-order chi connectivity index (χ1) is 9.32. The number of hydrogen-bond donors (Lipinski definition) is 1. The van der Waals surface area contributed by atoms with Gasteiger partial charge in [-0.1, -0.05) is 11.6 Å². The van der Waals surface area contributed by atoms with Crippen LogP contribution in [0.5, 0.6) is 5.75 Å². The highest BCUT2D eigenvalue weighted by molar-refractivity contribution is 7.11. The molecule has 3 nitrogen and oxygen atoms in total. The smallest absolute Gasteiger partial charge is 0.443 e. The zero-order chi connectivity index (χ0) is 14.9. The number of alkyl halides is 3. The molecule has 1 heterocycles. The molecule has 0 spiro atoms. The van der Waals surface area contributed by atoms with Gasteiger partial charge in [0.1, 0.15) is 5.75 Å². The van der Waals surface area contributed by atoms with Gasteiger partial charge in [-0.15, -0.1) is 11.3 Å². The Morgan fingerprint density at radius 3 is 2.65 bits per heavy atom. The van der Waals surface area contributed by atoms with E-state index in [2.05, 4.69) is 4.98 Å². The number of ether oxygens (including phenoxy) is 1. The van der Waals surface area contributed by atoms with Crippen molar-refractivity contribution >= 4 is 22.9 Å². The summed E-state index contributed by atoms with van der Waals surface area (Å²) in [5, 5.41) is -0.499. The molecule has 0 saturated heterocycles. The standard InChI is InChI=1S/C12H10ClF3N2OS/c1-19-8-3-2-6(13)4-7(8)10(17)9-5-18-11(20-9)12(14,15)16/h2-5,10H,17H2,1H3. The number of halogens is 4. The normalized spacial score (nSPS) is 13.3. The van der Waals surface area contributed by atoms with Crippen molar-refractivity contribution in [3.05, 3.63) is 44.9 Å². The minimum absolute atomic E-state index is 0.290. The molecule has 0 bridgehead atoms. The lowest BCUT2D eigenvalue weighted by molar-refractivity contribution is -0.137. The molecule has 1 aromatic carbocycles. The Hall–Kier alpha value is -1.31. The molecular weight excluding hydrogens is 313 g/mol. The number of rotatable bonds is 3. The van der Waals surface area contributed by atoms with Gasteiger partial charge in [0.15, 0.2) is 5.01 Å². The first-order valence-corrected chi connectivity index (χ1v) is 6.64. The van der Waals surface area contributed by atoms with Gasteiger partial charge in [-0.2, -0.15) is 13.2 Å². The molecule has 2 N–H and O–H groups in total. The SMILES string of the molecule is COc1ccc(Cl)cc1C(N)c1cnc(C(F)(F)F)s1. The predicted octanol–water partition coefficient (Wildman–Crippen LogP) is 3.87. The lowest BCUT2D eigenvalue weighted by atomic mass is 10.1. The summed E-state index contributed by atoms with van der Waals surface area (Å²) in [5.41, 5.74) is 6.49. The van der Waals surface area contributed by atoms with Gasteiger partial charge in [-0.3, -0.25) is 0 Å². The molecule has 0 aliphatic rings. The van der Waals surface area contributed by atoms with E-state index in [1.54, 1.807) is 18.2 Å². The number of thiazole rings is 1. The lowest BCUT2D eigenvalue weighted by Crippen LogP contribution is -2.11. The van der Waals surface area contributed by atoms with Crippen molar-refractivity contribution in [2.24, 2.45) is 5.73 Å². The van der Waals surface area contributed by atoms with E-state index in [1.165, 1.54) is 7.11 Å². The molecule has 0 radical (unpaired) electrons. The fraction of sp³-hybridized carbons (Fsp3) is 0.250. The molecule has 0 aliphatic heterocycles. The van der Waals surface area contributed by atoms with Crippen molar-refractivity contribution in [1.29, 1.82) is 0 Å².